The van der Waals surface area contributed by atoms with Crippen LogP contribution >= 0.6 is 0 Å². The zero-order valence-electron chi connectivity index (χ0n) is 12.4. The fourth-order valence-corrected chi connectivity index (χ4v) is 2.57. The van der Waals surface area contributed by atoms with E-state index in [1.165, 1.54) is 4.90 Å². The van der Waals surface area contributed by atoms with E-state index in [0.717, 1.165) is 25.9 Å². The summed E-state index contributed by atoms with van der Waals surface area (Å²) in [6, 6.07) is -0.0460. The molecule has 0 aliphatic carbocycles. The van der Waals surface area contributed by atoms with Gasteiger partial charge in [-0.05, 0) is 24.7 Å². The largest absolute Gasteiger partial charge is 0.481 e. The molecule has 110 valence electrons. The number of carbonyl (C=O) groups excluding carboxylic acids is 1. The Morgan fingerprint density at radius 3 is 2.21 bits per heavy atom. The molecule has 0 spiro atoms. The molecule has 0 aromatic heterocycles. The van der Waals surface area contributed by atoms with Gasteiger partial charge in [-0.25, -0.2) is 4.79 Å². The molecule has 19 heavy (non-hydrogen) atoms. The third-order valence-electron chi connectivity index (χ3n) is 4.05. The van der Waals surface area contributed by atoms with Gasteiger partial charge in [0.15, 0.2) is 0 Å². The van der Waals surface area contributed by atoms with Crippen molar-refractivity contribution in [2.45, 2.75) is 33.6 Å². The van der Waals surface area contributed by atoms with E-state index >= 15 is 0 Å². The molecule has 1 atom stereocenters. The summed E-state index contributed by atoms with van der Waals surface area (Å²) in [5.41, 5.74) is 0. The number of likely N-dealkylation sites (tertiary alicyclic amines) is 1. The van der Waals surface area contributed by atoms with Gasteiger partial charge in [0, 0.05) is 26.7 Å². The molecule has 2 amide bonds. The summed E-state index contributed by atoms with van der Waals surface area (Å²) in [7, 11) is 1.68. The minimum absolute atomic E-state index is 0.0460. The third-order valence-corrected chi connectivity index (χ3v) is 4.05. The number of piperidine rings is 1. The number of hydrogen-bond donors (Lipinski definition) is 1. The van der Waals surface area contributed by atoms with E-state index in [-0.39, 0.29) is 12.6 Å². The molecule has 1 rings (SSSR count). The number of carbonyl (C=O) groups is 2. The van der Waals surface area contributed by atoms with Gasteiger partial charge in [-0.1, -0.05) is 20.8 Å². The summed E-state index contributed by atoms with van der Waals surface area (Å²) >= 11 is 0. The zero-order chi connectivity index (χ0) is 14.6. The number of urea groups is 1. The second-order valence-electron chi connectivity index (χ2n) is 5.97. The Bertz CT molecular complexity index is 323. The predicted molar refractivity (Wildman–Crippen MR) is 74.0 cm³/mol. The van der Waals surface area contributed by atoms with Gasteiger partial charge in [0.05, 0.1) is 5.92 Å². The lowest BCUT2D eigenvalue weighted by molar-refractivity contribution is -0.141. The Hall–Kier alpha value is -1.26. The third kappa shape index (κ3) is 4.40. The van der Waals surface area contributed by atoms with Crippen LogP contribution in [0.4, 0.5) is 4.79 Å². The molecule has 0 bridgehead atoms. The Labute approximate surface area is 115 Å². The maximum atomic E-state index is 12.2. The number of carboxylic acid groups (broad SMARTS) is 1. The van der Waals surface area contributed by atoms with Crippen LogP contribution in [0.1, 0.15) is 33.6 Å². The lowest BCUT2D eigenvalue weighted by atomic mass is 9.87. The number of amides is 2. The molecule has 1 N–H and O–H groups in total. The highest BCUT2D eigenvalue weighted by Crippen LogP contribution is 2.24. The van der Waals surface area contributed by atoms with Crippen LogP contribution in [0.15, 0.2) is 0 Å². The van der Waals surface area contributed by atoms with Crippen molar-refractivity contribution in [3.8, 4) is 0 Å². The summed E-state index contributed by atoms with van der Waals surface area (Å²) in [6.07, 6.45) is 2.09. The molecule has 0 saturated carbocycles. The van der Waals surface area contributed by atoms with E-state index in [9.17, 15) is 9.59 Å². The zero-order valence-corrected chi connectivity index (χ0v) is 12.4. The standard InChI is InChI=1S/C14H26N2O3/c1-10(2)12-5-7-16(8-6-12)14(19)15(4)9-11(3)13(17)18/h10-12H,5-9H2,1-4H3,(H,17,18). The van der Waals surface area contributed by atoms with Crippen LogP contribution in [0.3, 0.4) is 0 Å². The summed E-state index contributed by atoms with van der Waals surface area (Å²) in [6.45, 7) is 7.90. The molecule has 1 heterocycles. The molecule has 1 aliphatic rings. The fourth-order valence-electron chi connectivity index (χ4n) is 2.57. The summed E-state index contributed by atoms with van der Waals surface area (Å²) < 4.78 is 0. The van der Waals surface area contributed by atoms with Crippen molar-refractivity contribution in [3.05, 3.63) is 0 Å². The highest BCUT2D eigenvalue weighted by molar-refractivity contribution is 5.76. The van der Waals surface area contributed by atoms with Crippen molar-refractivity contribution in [1.82, 2.24) is 9.80 Å². The lowest BCUT2D eigenvalue weighted by Gasteiger charge is -2.36. The quantitative estimate of drug-likeness (QED) is 0.851. The maximum Gasteiger partial charge on any atom is 0.319 e. The first-order valence-corrected chi connectivity index (χ1v) is 7.05. The lowest BCUT2D eigenvalue weighted by Crippen LogP contribution is -2.47. The number of hydrogen-bond acceptors (Lipinski definition) is 2. The minimum atomic E-state index is -0.863. The Morgan fingerprint density at radius 1 is 1.26 bits per heavy atom. The van der Waals surface area contributed by atoms with Crippen molar-refractivity contribution in [2.75, 3.05) is 26.7 Å². The molecule has 1 unspecified atom stereocenters. The van der Waals surface area contributed by atoms with Crippen LogP contribution in [0.25, 0.3) is 0 Å². The highest BCUT2D eigenvalue weighted by Gasteiger charge is 2.27. The van der Waals surface area contributed by atoms with Crippen molar-refractivity contribution in [2.24, 2.45) is 17.8 Å². The van der Waals surface area contributed by atoms with E-state index in [1.54, 1.807) is 14.0 Å². The molecule has 1 aliphatic heterocycles. The maximum absolute atomic E-state index is 12.2. The van der Waals surface area contributed by atoms with Crippen LogP contribution < -0.4 is 0 Å². The van der Waals surface area contributed by atoms with Gasteiger partial charge in [-0.2, -0.15) is 0 Å². The van der Waals surface area contributed by atoms with Crippen LogP contribution in [-0.2, 0) is 4.79 Å². The van der Waals surface area contributed by atoms with Crippen molar-refractivity contribution >= 4 is 12.0 Å². The van der Waals surface area contributed by atoms with Gasteiger partial charge in [0.1, 0.15) is 0 Å². The van der Waals surface area contributed by atoms with Gasteiger partial charge in [-0.3, -0.25) is 4.79 Å². The second-order valence-corrected chi connectivity index (χ2v) is 5.97. The fraction of sp³-hybridized carbons (Fsp3) is 0.857. The highest BCUT2D eigenvalue weighted by atomic mass is 16.4. The van der Waals surface area contributed by atoms with Crippen LogP contribution in [0.2, 0.25) is 0 Å². The minimum Gasteiger partial charge on any atom is -0.481 e. The first kappa shape index (κ1) is 15.8. The van der Waals surface area contributed by atoms with E-state index in [4.69, 9.17) is 5.11 Å². The van der Waals surface area contributed by atoms with Crippen molar-refractivity contribution < 1.29 is 14.7 Å². The van der Waals surface area contributed by atoms with Gasteiger partial charge in [0.2, 0.25) is 0 Å². The van der Waals surface area contributed by atoms with Gasteiger partial charge < -0.3 is 14.9 Å². The molecular weight excluding hydrogens is 244 g/mol. The van der Waals surface area contributed by atoms with Crippen LogP contribution in [0.5, 0.6) is 0 Å². The molecule has 1 fully saturated rings. The molecule has 0 aromatic rings. The van der Waals surface area contributed by atoms with Gasteiger partial charge in [-0.15, -0.1) is 0 Å². The SMILES string of the molecule is CC(CN(C)C(=O)N1CCC(C(C)C)CC1)C(=O)O. The molecular formula is C14H26N2O3. The topological polar surface area (TPSA) is 60.9 Å². The Morgan fingerprint density at radius 2 is 1.79 bits per heavy atom. The van der Waals surface area contributed by atoms with E-state index in [1.807, 2.05) is 4.90 Å². The van der Waals surface area contributed by atoms with Crippen LogP contribution in [-0.4, -0.2) is 53.6 Å². The second kappa shape index (κ2) is 6.78. The van der Waals surface area contributed by atoms with E-state index in [0.29, 0.717) is 11.8 Å². The van der Waals surface area contributed by atoms with E-state index in [2.05, 4.69) is 13.8 Å². The Kier molecular flexibility index (Phi) is 5.63. The molecule has 5 heteroatoms. The average molecular weight is 270 g/mol. The first-order valence-electron chi connectivity index (χ1n) is 7.05. The number of rotatable bonds is 4. The van der Waals surface area contributed by atoms with Crippen molar-refractivity contribution in [3.63, 3.8) is 0 Å². The predicted octanol–water partition coefficient (Wildman–Crippen LogP) is 2.13. The van der Waals surface area contributed by atoms with E-state index < -0.39 is 11.9 Å². The molecule has 0 aromatic carbocycles. The van der Waals surface area contributed by atoms with Crippen LogP contribution in [0, 0.1) is 17.8 Å². The first-order chi connectivity index (χ1) is 8.82. The summed E-state index contributed by atoms with van der Waals surface area (Å²) in [5.74, 6) is -0.0189. The summed E-state index contributed by atoms with van der Waals surface area (Å²) in [4.78, 5) is 26.4. The number of carboxylic acids is 1. The number of aliphatic carboxylic acids is 1. The number of nitrogens with zero attached hydrogens (tertiary/aromatic N) is 2. The normalized spacial score (nSPS) is 18.5. The van der Waals surface area contributed by atoms with Gasteiger partial charge in [0.25, 0.3) is 0 Å². The van der Waals surface area contributed by atoms with Gasteiger partial charge >= 0.3 is 12.0 Å². The molecule has 0 radical (unpaired) electrons. The Balaban J connectivity index is 2.44. The smallest absolute Gasteiger partial charge is 0.319 e. The summed E-state index contributed by atoms with van der Waals surface area (Å²) in [5, 5.41) is 8.87. The van der Waals surface area contributed by atoms with Crippen molar-refractivity contribution in [1.29, 1.82) is 0 Å². The molecule has 5 nitrogen and oxygen atoms in total. The average Bonchev–Trinajstić information content (AvgIpc) is 2.37. The molecule has 1 saturated heterocycles. The monoisotopic (exact) mass is 270 g/mol.